The van der Waals surface area contributed by atoms with Crippen molar-refractivity contribution in [1.82, 2.24) is 10.6 Å². The van der Waals surface area contributed by atoms with Crippen molar-refractivity contribution in [1.29, 1.82) is 0 Å². The predicted molar refractivity (Wildman–Crippen MR) is 87.9 cm³/mol. The minimum atomic E-state index is -4.46. The van der Waals surface area contributed by atoms with E-state index in [4.69, 9.17) is 4.74 Å². The lowest BCUT2D eigenvalue weighted by molar-refractivity contribution is -0.139. The smallest absolute Gasteiger partial charge is 0.416 e. The molecule has 0 saturated heterocycles. The molecule has 136 valence electrons. The van der Waals surface area contributed by atoms with Gasteiger partial charge in [-0.05, 0) is 30.9 Å². The van der Waals surface area contributed by atoms with Gasteiger partial charge >= 0.3 is 18.2 Å². The Bertz CT molecular complexity index is 687. The third-order valence-electron chi connectivity index (χ3n) is 3.58. The number of ether oxygens (including phenoxy) is 1. The SMILES string of the molecule is CSCCOC(=O)C1=C(C)NC(=O)N[C@H]1c1ccc(C(F)(F)F)cc1. The summed E-state index contributed by atoms with van der Waals surface area (Å²) >= 11 is 1.51. The molecule has 0 fully saturated rings. The van der Waals surface area contributed by atoms with E-state index in [9.17, 15) is 22.8 Å². The highest BCUT2D eigenvalue weighted by Gasteiger charge is 2.34. The lowest BCUT2D eigenvalue weighted by Gasteiger charge is -2.28. The van der Waals surface area contributed by atoms with Crippen molar-refractivity contribution >= 4 is 23.8 Å². The van der Waals surface area contributed by atoms with Crippen molar-refractivity contribution in [3.05, 3.63) is 46.7 Å². The molecule has 1 aliphatic rings. The molecule has 1 atom stereocenters. The number of hydrogen-bond donors (Lipinski definition) is 2. The number of allylic oxidation sites excluding steroid dienone is 1. The number of thioether (sulfide) groups is 1. The molecule has 25 heavy (non-hydrogen) atoms. The number of carbonyl (C=O) groups is 2. The molecule has 2 amide bonds. The highest BCUT2D eigenvalue weighted by atomic mass is 32.2. The number of benzene rings is 1. The highest BCUT2D eigenvalue weighted by molar-refractivity contribution is 7.98. The molecule has 5 nitrogen and oxygen atoms in total. The number of rotatable bonds is 5. The number of amides is 2. The maximum atomic E-state index is 12.7. The van der Waals surface area contributed by atoms with E-state index in [0.717, 1.165) is 12.1 Å². The van der Waals surface area contributed by atoms with E-state index >= 15 is 0 Å². The van der Waals surface area contributed by atoms with Crippen LogP contribution in [-0.2, 0) is 15.7 Å². The van der Waals surface area contributed by atoms with Gasteiger partial charge in [0.25, 0.3) is 0 Å². The van der Waals surface area contributed by atoms with Gasteiger partial charge in [-0.25, -0.2) is 9.59 Å². The fourth-order valence-corrected chi connectivity index (χ4v) is 2.62. The molecule has 0 radical (unpaired) electrons. The lowest BCUT2D eigenvalue weighted by Crippen LogP contribution is -2.45. The summed E-state index contributed by atoms with van der Waals surface area (Å²) in [5, 5.41) is 5.03. The van der Waals surface area contributed by atoms with Gasteiger partial charge in [0, 0.05) is 11.4 Å². The topological polar surface area (TPSA) is 67.4 Å². The molecule has 0 aliphatic carbocycles. The molecule has 0 spiro atoms. The van der Waals surface area contributed by atoms with E-state index in [2.05, 4.69) is 10.6 Å². The number of urea groups is 1. The van der Waals surface area contributed by atoms with E-state index in [-0.39, 0.29) is 12.2 Å². The number of halogens is 3. The monoisotopic (exact) mass is 374 g/mol. The van der Waals surface area contributed by atoms with Crippen LogP contribution in [0.3, 0.4) is 0 Å². The van der Waals surface area contributed by atoms with Crippen LogP contribution in [0.5, 0.6) is 0 Å². The van der Waals surface area contributed by atoms with Crippen molar-refractivity contribution in [2.24, 2.45) is 0 Å². The van der Waals surface area contributed by atoms with Gasteiger partial charge in [0.15, 0.2) is 0 Å². The Hall–Kier alpha value is -2.16. The van der Waals surface area contributed by atoms with Gasteiger partial charge in [-0.3, -0.25) is 0 Å². The molecule has 1 aromatic carbocycles. The summed E-state index contributed by atoms with van der Waals surface area (Å²) in [7, 11) is 0. The van der Waals surface area contributed by atoms with Crippen LogP contribution < -0.4 is 10.6 Å². The zero-order valence-corrected chi connectivity index (χ0v) is 14.4. The minimum Gasteiger partial charge on any atom is -0.461 e. The molecule has 0 aromatic heterocycles. The minimum absolute atomic E-state index is 0.167. The Morgan fingerprint density at radius 1 is 1.28 bits per heavy atom. The molecule has 1 aliphatic heterocycles. The Balaban J connectivity index is 2.30. The third-order valence-corrected chi connectivity index (χ3v) is 4.16. The Morgan fingerprint density at radius 3 is 2.48 bits per heavy atom. The normalized spacial score (nSPS) is 17.8. The van der Waals surface area contributed by atoms with Gasteiger partial charge < -0.3 is 15.4 Å². The van der Waals surface area contributed by atoms with Gasteiger partial charge in [0.2, 0.25) is 0 Å². The number of alkyl halides is 3. The van der Waals surface area contributed by atoms with Crippen LogP contribution in [0.25, 0.3) is 0 Å². The summed E-state index contributed by atoms with van der Waals surface area (Å²) in [6.45, 7) is 1.74. The quantitative estimate of drug-likeness (QED) is 0.613. The Kier molecular flexibility index (Phi) is 5.99. The molecule has 2 rings (SSSR count). The second-order valence-corrected chi connectivity index (χ2v) is 6.30. The van der Waals surface area contributed by atoms with Gasteiger partial charge in [0.1, 0.15) is 6.61 Å². The maximum absolute atomic E-state index is 12.7. The average Bonchev–Trinajstić information content (AvgIpc) is 2.53. The second-order valence-electron chi connectivity index (χ2n) is 5.32. The fourth-order valence-electron chi connectivity index (χ4n) is 2.37. The molecule has 0 bridgehead atoms. The molecular formula is C16H17F3N2O3S. The van der Waals surface area contributed by atoms with Crippen LogP contribution in [0.2, 0.25) is 0 Å². The third kappa shape index (κ3) is 4.68. The molecule has 0 unspecified atom stereocenters. The van der Waals surface area contributed by atoms with Crippen LogP contribution in [0.4, 0.5) is 18.0 Å². The standard InChI is InChI=1S/C16H17F3N2O3S/c1-9-12(14(22)24-7-8-25-2)13(21-15(23)20-9)10-3-5-11(6-4-10)16(17,18)19/h3-6,13H,7-8H2,1-2H3,(H2,20,21,23)/t13-/m0/s1. The van der Waals surface area contributed by atoms with Crippen LogP contribution in [0.15, 0.2) is 35.5 Å². The molecule has 0 saturated carbocycles. The van der Waals surface area contributed by atoms with Gasteiger partial charge in [-0.2, -0.15) is 24.9 Å². The van der Waals surface area contributed by atoms with E-state index in [0.29, 0.717) is 17.0 Å². The Labute approximate surface area is 147 Å². The first-order chi connectivity index (χ1) is 11.7. The van der Waals surface area contributed by atoms with E-state index in [1.165, 1.54) is 23.9 Å². The van der Waals surface area contributed by atoms with Crippen LogP contribution in [0, 0.1) is 0 Å². The molecule has 1 heterocycles. The summed E-state index contributed by atoms with van der Waals surface area (Å²) in [5.41, 5.74) is 0.0311. The average molecular weight is 374 g/mol. The largest absolute Gasteiger partial charge is 0.461 e. The van der Waals surface area contributed by atoms with Crippen molar-refractivity contribution in [3.63, 3.8) is 0 Å². The van der Waals surface area contributed by atoms with Crippen molar-refractivity contribution in [2.75, 3.05) is 18.6 Å². The summed E-state index contributed by atoms with van der Waals surface area (Å²) < 4.78 is 43.3. The molecule has 2 N–H and O–H groups in total. The van der Waals surface area contributed by atoms with Gasteiger partial charge in [0.05, 0.1) is 17.2 Å². The zero-order chi connectivity index (χ0) is 18.6. The predicted octanol–water partition coefficient (Wildman–Crippen LogP) is 3.24. The van der Waals surface area contributed by atoms with Crippen LogP contribution >= 0.6 is 11.8 Å². The number of nitrogens with one attached hydrogen (secondary N) is 2. The summed E-state index contributed by atoms with van der Waals surface area (Å²) in [6.07, 6.45) is -2.59. The van der Waals surface area contributed by atoms with Crippen LogP contribution in [-0.4, -0.2) is 30.6 Å². The number of esters is 1. The fraction of sp³-hybridized carbons (Fsp3) is 0.375. The maximum Gasteiger partial charge on any atom is 0.416 e. The van der Waals surface area contributed by atoms with E-state index in [1.54, 1.807) is 6.92 Å². The number of hydrogen-bond acceptors (Lipinski definition) is 4. The summed E-state index contributed by atoms with van der Waals surface area (Å²) in [4.78, 5) is 24.1. The number of carbonyl (C=O) groups excluding carboxylic acids is 2. The molecule has 1 aromatic rings. The molecule has 9 heteroatoms. The Morgan fingerprint density at radius 2 is 1.92 bits per heavy atom. The first kappa shape index (κ1) is 19.2. The van der Waals surface area contributed by atoms with E-state index in [1.807, 2.05) is 6.26 Å². The highest BCUT2D eigenvalue weighted by Crippen LogP contribution is 2.32. The lowest BCUT2D eigenvalue weighted by atomic mass is 9.95. The van der Waals surface area contributed by atoms with Gasteiger partial charge in [-0.1, -0.05) is 12.1 Å². The second kappa shape index (κ2) is 7.81. The van der Waals surface area contributed by atoms with E-state index < -0.39 is 29.8 Å². The summed E-state index contributed by atoms with van der Waals surface area (Å²) in [5.74, 6) is -0.00745. The van der Waals surface area contributed by atoms with Crippen molar-refractivity contribution < 1.29 is 27.5 Å². The molecular weight excluding hydrogens is 357 g/mol. The first-order valence-corrected chi connectivity index (χ1v) is 8.75. The van der Waals surface area contributed by atoms with Crippen molar-refractivity contribution in [2.45, 2.75) is 19.1 Å². The van der Waals surface area contributed by atoms with Crippen molar-refractivity contribution in [3.8, 4) is 0 Å². The van der Waals surface area contributed by atoms with Gasteiger partial charge in [-0.15, -0.1) is 0 Å². The van der Waals surface area contributed by atoms with Crippen LogP contribution in [0.1, 0.15) is 24.1 Å². The zero-order valence-electron chi connectivity index (χ0n) is 13.6. The summed E-state index contributed by atoms with van der Waals surface area (Å²) in [6, 6.07) is 2.88. The first-order valence-electron chi connectivity index (χ1n) is 7.35.